The van der Waals surface area contributed by atoms with Crippen LogP contribution >= 0.6 is 11.6 Å². The van der Waals surface area contributed by atoms with Crippen LogP contribution in [0, 0.1) is 13.8 Å². The van der Waals surface area contributed by atoms with E-state index < -0.39 is 28.5 Å². The highest BCUT2D eigenvalue weighted by atomic mass is 35.5. The number of halogens is 1. The molecule has 0 bridgehead atoms. The van der Waals surface area contributed by atoms with Gasteiger partial charge in [-0.15, -0.1) is 0 Å². The lowest BCUT2D eigenvalue weighted by atomic mass is 10.1. The van der Waals surface area contributed by atoms with Gasteiger partial charge in [0.05, 0.1) is 10.6 Å². The smallest absolute Gasteiger partial charge is 0.264 e. The van der Waals surface area contributed by atoms with Gasteiger partial charge >= 0.3 is 0 Å². The van der Waals surface area contributed by atoms with E-state index in [0.717, 1.165) is 27.4 Å². The minimum Gasteiger partial charge on any atom is -0.352 e. The molecule has 0 fully saturated rings. The third-order valence-corrected chi connectivity index (χ3v) is 8.65. The van der Waals surface area contributed by atoms with Crippen molar-refractivity contribution in [1.82, 2.24) is 10.2 Å². The van der Waals surface area contributed by atoms with Crippen LogP contribution in [0.15, 0.2) is 77.7 Å². The summed E-state index contributed by atoms with van der Waals surface area (Å²) in [5.74, 6) is -0.816. The van der Waals surface area contributed by atoms with Crippen molar-refractivity contribution in [3.63, 3.8) is 0 Å². The number of amides is 2. The minimum atomic E-state index is -4.10. The average Bonchev–Trinajstić information content (AvgIpc) is 2.90. The molecule has 0 heterocycles. The predicted octanol–water partition coefficient (Wildman–Crippen LogP) is 5.48. The monoisotopic (exact) mass is 569 g/mol. The van der Waals surface area contributed by atoms with E-state index in [4.69, 9.17) is 11.6 Å². The molecule has 39 heavy (non-hydrogen) atoms. The maximum atomic E-state index is 13.9. The van der Waals surface area contributed by atoms with Crippen LogP contribution in [0.25, 0.3) is 0 Å². The molecule has 0 aliphatic carbocycles. The summed E-state index contributed by atoms with van der Waals surface area (Å²) in [6, 6.07) is 19.6. The van der Waals surface area contributed by atoms with Gasteiger partial charge in [-0.1, -0.05) is 60.5 Å². The first-order valence-electron chi connectivity index (χ1n) is 12.9. The Kier molecular flexibility index (Phi) is 10.2. The van der Waals surface area contributed by atoms with Gasteiger partial charge in [-0.05, 0) is 81.6 Å². The van der Waals surface area contributed by atoms with Crippen molar-refractivity contribution >= 4 is 39.1 Å². The molecule has 7 nitrogen and oxygen atoms in total. The fourth-order valence-corrected chi connectivity index (χ4v) is 5.52. The number of nitrogens with one attached hydrogen (secondary N) is 1. The van der Waals surface area contributed by atoms with Gasteiger partial charge < -0.3 is 10.2 Å². The highest BCUT2D eigenvalue weighted by Gasteiger charge is 2.32. The Bertz CT molecular complexity index is 1390. The number of carbonyl (C=O) groups is 2. The number of nitrogens with zero attached hydrogens (tertiary/aromatic N) is 2. The molecule has 0 aliphatic rings. The van der Waals surface area contributed by atoms with Gasteiger partial charge in [0.1, 0.15) is 12.6 Å². The quantitative estimate of drug-likeness (QED) is 0.331. The minimum absolute atomic E-state index is 0.0712. The number of hydrogen-bond acceptors (Lipinski definition) is 4. The third kappa shape index (κ3) is 7.83. The molecule has 0 spiro atoms. The van der Waals surface area contributed by atoms with E-state index in [-0.39, 0.29) is 23.4 Å². The van der Waals surface area contributed by atoms with Crippen LogP contribution in [0.4, 0.5) is 5.69 Å². The van der Waals surface area contributed by atoms with Crippen molar-refractivity contribution in [1.29, 1.82) is 0 Å². The van der Waals surface area contributed by atoms with Gasteiger partial charge in [0.25, 0.3) is 10.0 Å². The summed E-state index contributed by atoms with van der Waals surface area (Å²) in [5.41, 5.74) is 2.90. The number of hydrogen-bond donors (Lipinski definition) is 1. The lowest BCUT2D eigenvalue weighted by Gasteiger charge is -2.32. The Morgan fingerprint density at radius 2 is 1.56 bits per heavy atom. The second kappa shape index (κ2) is 13.1. The summed E-state index contributed by atoms with van der Waals surface area (Å²) in [5, 5.41) is 3.48. The molecule has 208 valence electrons. The summed E-state index contributed by atoms with van der Waals surface area (Å²) in [6.45, 7) is 8.86. The molecule has 2 amide bonds. The molecule has 0 aromatic heterocycles. The Morgan fingerprint density at radius 1 is 0.923 bits per heavy atom. The second-order valence-electron chi connectivity index (χ2n) is 9.81. The lowest BCUT2D eigenvalue weighted by molar-refractivity contribution is -0.139. The van der Waals surface area contributed by atoms with Gasteiger partial charge in [-0.3, -0.25) is 13.9 Å². The predicted molar refractivity (Wildman–Crippen MR) is 156 cm³/mol. The molecular weight excluding hydrogens is 534 g/mol. The largest absolute Gasteiger partial charge is 0.352 e. The van der Waals surface area contributed by atoms with Gasteiger partial charge in [0.15, 0.2) is 0 Å². The van der Waals surface area contributed by atoms with Crippen molar-refractivity contribution in [3.8, 4) is 0 Å². The van der Waals surface area contributed by atoms with Crippen molar-refractivity contribution in [3.05, 3.63) is 94.5 Å². The maximum absolute atomic E-state index is 13.9. The third-order valence-electron chi connectivity index (χ3n) is 6.61. The second-order valence-corrected chi connectivity index (χ2v) is 12.1. The normalized spacial score (nSPS) is 12.9. The van der Waals surface area contributed by atoms with Gasteiger partial charge in [0, 0.05) is 17.6 Å². The topological polar surface area (TPSA) is 86.8 Å². The van der Waals surface area contributed by atoms with Crippen molar-refractivity contribution in [2.24, 2.45) is 0 Å². The van der Waals surface area contributed by atoms with E-state index in [1.54, 1.807) is 61.5 Å². The van der Waals surface area contributed by atoms with E-state index in [2.05, 4.69) is 5.32 Å². The first-order chi connectivity index (χ1) is 18.4. The number of benzene rings is 3. The first-order valence-corrected chi connectivity index (χ1v) is 14.7. The van der Waals surface area contributed by atoms with Gasteiger partial charge in [0.2, 0.25) is 11.8 Å². The summed E-state index contributed by atoms with van der Waals surface area (Å²) in [7, 11) is -4.10. The van der Waals surface area contributed by atoms with Crippen molar-refractivity contribution < 1.29 is 18.0 Å². The average molecular weight is 570 g/mol. The Hall–Kier alpha value is -3.36. The van der Waals surface area contributed by atoms with Crippen LogP contribution < -0.4 is 9.62 Å². The Morgan fingerprint density at radius 3 is 2.15 bits per heavy atom. The lowest BCUT2D eigenvalue weighted by Crippen LogP contribution is -2.52. The number of aryl methyl sites for hydroxylation is 2. The van der Waals surface area contributed by atoms with Gasteiger partial charge in [-0.2, -0.15) is 0 Å². The summed E-state index contributed by atoms with van der Waals surface area (Å²) in [4.78, 5) is 28.5. The van der Waals surface area contributed by atoms with Crippen LogP contribution in [0.3, 0.4) is 0 Å². The molecule has 0 saturated carbocycles. The van der Waals surface area contributed by atoms with E-state index in [9.17, 15) is 18.0 Å². The fourth-order valence-electron chi connectivity index (χ4n) is 3.98. The summed E-state index contributed by atoms with van der Waals surface area (Å²) < 4.78 is 28.8. The Labute approximate surface area is 236 Å². The van der Waals surface area contributed by atoms with Crippen LogP contribution in [-0.4, -0.2) is 43.8 Å². The zero-order valence-corrected chi connectivity index (χ0v) is 24.6. The van der Waals surface area contributed by atoms with Gasteiger partial charge in [-0.25, -0.2) is 8.42 Å². The highest BCUT2D eigenvalue weighted by Crippen LogP contribution is 2.26. The summed E-state index contributed by atoms with van der Waals surface area (Å²) >= 11 is 6.05. The van der Waals surface area contributed by atoms with Crippen LogP contribution in [-0.2, 0) is 26.2 Å². The van der Waals surface area contributed by atoms with Crippen LogP contribution in [0.1, 0.15) is 43.9 Å². The molecule has 0 aliphatic heterocycles. The molecule has 0 radical (unpaired) electrons. The Balaban J connectivity index is 2.02. The molecule has 0 saturated heterocycles. The van der Waals surface area contributed by atoms with Crippen molar-refractivity contribution in [2.75, 3.05) is 10.8 Å². The number of anilines is 1. The van der Waals surface area contributed by atoms with Crippen LogP contribution in [0.2, 0.25) is 5.02 Å². The van der Waals surface area contributed by atoms with E-state index in [0.29, 0.717) is 10.7 Å². The number of sulfonamides is 1. The standard InChI is InChI=1S/C30H36ClN3O4S/c1-6-23(4)32-30(36)24(5)33(19-25-12-14-26(31)15-13-25)29(35)20-34(27-9-7-8-22(3)18-27)39(37,38)28-16-10-21(2)11-17-28/h7-18,23-24H,6,19-20H2,1-5H3,(H,32,36). The molecule has 2 unspecified atom stereocenters. The zero-order valence-electron chi connectivity index (χ0n) is 23.0. The fraction of sp³-hybridized carbons (Fsp3) is 0.333. The van der Waals surface area contributed by atoms with E-state index in [1.807, 2.05) is 33.8 Å². The van der Waals surface area contributed by atoms with Crippen LogP contribution in [0.5, 0.6) is 0 Å². The number of carbonyl (C=O) groups excluding carboxylic acids is 2. The summed E-state index contributed by atoms with van der Waals surface area (Å²) in [6.07, 6.45) is 0.736. The molecule has 9 heteroatoms. The SMILES string of the molecule is CCC(C)NC(=O)C(C)N(Cc1ccc(Cl)cc1)C(=O)CN(c1cccc(C)c1)S(=O)(=O)c1ccc(C)cc1. The van der Waals surface area contributed by atoms with E-state index in [1.165, 1.54) is 17.0 Å². The molecule has 1 N–H and O–H groups in total. The number of rotatable bonds is 11. The molecule has 3 aromatic rings. The highest BCUT2D eigenvalue weighted by molar-refractivity contribution is 7.92. The maximum Gasteiger partial charge on any atom is 0.264 e. The molecule has 3 rings (SSSR count). The first kappa shape index (κ1) is 30.2. The van der Waals surface area contributed by atoms with E-state index >= 15 is 0 Å². The molecule has 3 aromatic carbocycles. The van der Waals surface area contributed by atoms with Crippen molar-refractivity contribution in [2.45, 2.75) is 64.6 Å². The molecule has 2 atom stereocenters. The molecular formula is C30H36ClN3O4S. The zero-order chi connectivity index (χ0) is 28.7.